The van der Waals surface area contributed by atoms with Crippen molar-refractivity contribution in [1.29, 1.82) is 0 Å². The number of likely N-dealkylation sites (tertiary alicyclic amines) is 3. The molecule has 2 aromatic heterocycles. The molecule has 51 heavy (non-hydrogen) atoms. The molecule has 0 unspecified atom stereocenters. The summed E-state index contributed by atoms with van der Waals surface area (Å²) < 4.78 is 12.3. The molecule has 10 nitrogen and oxygen atoms in total. The van der Waals surface area contributed by atoms with Crippen LogP contribution in [0.3, 0.4) is 0 Å². The number of nitrogens with zero attached hydrogens (tertiary/aromatic N) is 5. The number of likely N-dealkylation sites (N-methyl/N-ethyl adjacent to an activating group) is 1. The normalized spacial score (nSPS) is 21.1. The Bertz CT molecular complexity index is 1870. The molecule has 270 valence electrons. The number of piperazine rings is 1. The standard InChI is InChI=1S/C41H52N6O4/c1-3-29-7-9-37-30(25-29)26-39(50-37)40(48)36-27-33-34(28-44-17-11-31(12-18-44)46-23-21-43(2)22-24-46)38(10-8-35(33)42-36)51-41(49)47-19-13-32(14-20-47)45-15-5-4-6-16-45/h3,7-10,25-27,31-32,42H,1,4-6,11-24,28H2,2H3. The molecule has 8 rings (SSSR count). The minimum Gasteiger partial charge on any atom is -0.453 e. The smallest absolute Gasteiger partial charge is 0.415 e. The van der Waals surface area contributed by atoms with Gasteiger partial charge in [0.1, 0.15) is 11.3 Å². The molecule has 0 bridgehead atoms. The van der Waals surface area contributed by atoms with E-state index in [1.165, 1.54) is 32.4 Å². The number of piperidine rings is 3. The fraction of sp³-hybridized carbons (Fsp3) is 0.512. The maximum atomic E-state index is 13.8. The summed E-state index contributed by atoms with van der Waals surface area (Å²) in [6.45, 7) is 14.8. The van der Waals surface area contributed by atoms with E-state index >= 15 is 0 Å². The van der Waals surface area contributed by atoms with Crippen LogP contribution < -0.4 is 4.74 Å². The second-order valence-electron chi connectivity index (χ2n) is 15.2. The lowest BCUT2D eigenvalue weighted by Crippen LogP contribution is -2.52. The van der Waals surface area contributed by atoms with Crippen molar-refractivity contribution in [2.75, 3.05) is 72.5 Å². The summed E-state index contributed by atoms with van der Waals surface area (Å²) in [4.78, 5) is 42.9. The fourth-order valence-corrected chi connectivity index (χ4v) is 8.77. The Morgan fingerprint density at radius 1 is 0.843 bits per heavy atom. The van der Waals surface area contributed by atoms with Gasteiger partial charge >= 0.3 is 6.09 Å². The summed E-state index contributed by atoms with van der Waals surface area (Å²) in [5.41, 5.74) is 3.87. The zero-order valence-electron chi connectivity index (χ0n) is 30.1. The van der Waals surface area contributed by atoms with Gasteiger partial charge in [0.15, 0.2) is 5.76 Å². The highest BCUT2D eigenvalue weighted by atomic mass is 16.6. The lowest BCUT2D eigenvalue weighted by molar-refractivity contribution is 0.0655. The molecule has 0 atom stereocenters. The van der Waals surface area contributed by atoms with E-state index in [9.17, 15) is 9.59 Å². The maximum Gasteiger partial charge on any atom is 0.415 e. The lowest BCUT2D eigenvalue weighted by atomic mass is 10.00. The van der Waals surface area contributed by atoms with Gasteiger partial charge < -0.3 is 28.8 Å². The Hall–Kier alpha value is -3.96. The highest BCUT2D eigenvalue weighted by molar-refractivity contribution is 6.10. The van der Waals surface area contributed by atoms with E-state index in [0.29, 0.717) is 48.7 Å². The number of ketones is 1. The number of aromatic nitrogens is 1. The number of furan rings is 1. The van der Waals surface area contributed by atoms with Crippen molar-refractivity contribution in [3.05, 3.63) is 71.6 Å². The summed E-state index contributed by atoms with van der Waals surface area (Å²) >= 11 is 0. The van der Waals surface area contributed by atoms with Gasteiger partial charge in [0.25, 0.3) is 0 Å². The van der Waals surface area contributed by atoms with Crippen molar-refractivity contribution >= 4 is 39.8 Å². The molecule has 4 aliphatic heterocycles. The van der Waals surface area contributed by atoms with E-state index in [1.54, 1.807) is 12.1 Å². The van der Waals surface area contributed by atoms with E-state index in [4.69, 9.17) is 9.15 Å². The molecule has 0 saturated carbocycles. The maximum absolute atomic E-state index is 13.8. The quantitative estimate of drug-likeness (QED) is 0.211. The summed E-state index contributed by atoms with van der Waals surface area (Å²) in [7, 11) is 2.21. The molecule has 1 N–H and O–H groups in total. The van der Waals surface area contributed by atoms with Crippen LogP contribution in [-0.2, 0) is 6.54 Å². The molecule has 2 aromatic carbocycles. The van der Waals surface area contributed by atoms with Crippen molar-refractivity contribution in [2.24, 2.45) is 0 Å². The molecule has 0 radical (unpaired) electrons. The number of fused-ring (bicyclic) bond motifs is 2. The van der Waals surface area contributed by atoms with Gasteiger partial charge in [-0.2, -0.15) is 0 Å². The molecule has 4 saturated heterocycles. The van der Waals surface area contributed by atoms with Crippen LogP contribution in [0.15, 0.2) is 53.5 Å². The second-order valence-corrected chi connectivity index (χ2v) is 15.2. The van der Waals surface area contributed by atoms with E-state index < -0.39 is 0 Å². The number of rotatable bonds is 8. The molecule has 1 amide bonds. The molecule has 4 fully saturated rings. The molecule has 4 aromatic rings. The van der Waals surface area contributed by atoms with Gasteiger partial charge in [-0.1, -0.05) is 25.1 Å². The molecular weight excluding hydrogens is 640 g/mol. The Morgan fingerprint density at radius 2 is 1.55 bits per heavy atom. The first-order chi connectivity index (χ1) is 24.9. The first-order valence-electron chi connectivity index (χ1n) is 19.1. The number of H-pyrrole nitrogens is 1. The van der Waals surface area contributed by atoms with Crippen molar-refractivity contribution in [1.82, 2.24) is 29.5 Å². The highest BCUT2D eigenvalue weighted by Crippen LogP contribution is 2.34. The molecular formula is C41H52N6O4. The van der Waals surface area contributed by atoms with Crippen LogP contribution in [0.25, 0.3) is 27.9 Å². The van der Waals surface area contributed by atoms with Crippen molar-refractivity contribution < 1.29 is 18.7 Å². The summed E-state index contributed by atoms with van der Waals surface area (Å²) in [6.07, 6.45) is 9.61. The average Bonchev–Trinajstić information content (AvgIpc) is 3.81. The average molecular weight is 693 g/mol. The van der Waals surface area contributed by atoms with Crippen molar-refractivity contribution in [2.45, 2.75) is 63.6 Å². The summed E-state index contributed by atoms with van der Waals surface area (Å²) in [6, 6.07) is 14.5. The van der Waals surface area contributed by atoms with Crippen LogP contribution in [0.1, 0.15) is 72.3 Å². The van der Waals surface area contributed by atoms with Gasteiger partial charge in [0.2, 0.25) is 5.78 Å². The predicted octanol–water partition coefficient (Wildman–Crippen LogP) is 6.45. The van der Waals surface area contributed by atoms with Gasteiger partial charge in [-0.05, 0) is 114 Å². The molecule has 10 heteroatoms. The van der Waals surface area contributed by atoms with Gasteiger partial charge in [0.05, 0.1) is 5.69 Å². The van der Waals surface area contributed by atoms with Crippen molar-refractivity contribution in [3.8, 4) is 5.75 Å². The molecule has 4 aliphatic rings. The van der Waals surface area contributed by atoms with E-state index in [0.717, 1.165) is 92.4 Å². The number of benzene rings is 2. The van der Waals surface area contributed by atoms with Crippen molar-refractivity contribution in [3.63, 3.8) is 0 Å². The SMILES string of the molecule is C=Cc1ccc2oc(C(=O)c3cc4c(CN5CCC(N6CCN(C)CC6)CC5)c(OC(=O)N5CCC(N6CCCCC6)CC5)ccc4[nH]3)cc2c1. The number of hydrogen-bond donors (Lipinski definition) is 1. The highest BCUT2D eigenvalue weighted by Gasteiger charge is 2.31. The predicted molar refractivity (Wildman–Crippen MR) is 201 cm³/mol. The molecule has 0 spiro atoms. The Morgan fingerprint density at radius 3 is 2.27 bits per heavy atom. The second kappa shape index (κ2) is 14.9. The number of ether oxygens (including phenoxy) is 1. The Kier molecular flexibility index (Phi) is 10.0. The van der Waals surface area contributed by atoms with Crippen LogP contribution in [-0.4, -0.2) is 126 Å². The third-order valence-electron chi connectivity index (χ3n) is 11.9. The van der Waals surface area contributed by atoms with Gasteiger partial charge in [-0.3, -0.25) is 14.6 Å². The summed E-state index contributed by atoms with van der Waals surface area (Å²) in [5.74, 6) is 0.645. The van der Waals surface area contributed by atoms with Crippen LogP contribution in [0.4, 0.5) is 4.79 Å². The largest absolute Gasteiger partial charge is 0.453 e. The van der Waals surface area contributed by atoms with Gasteiger partial charge in [-0.25, -0.2) is 4.79 Å². The third kappa shape index (κ3) is 7.37. The lowest BCUT2D eigenvalue weighted by Gasteiger charge is -2.42. The number of aromatic amines is 1. The summed E-state index contributed by atoms with van der Waals surface area (Å²) in [5, 5.41) is 1.76. The Labute approximate surface area is 301 Å². The minimum absolute atomic E-state index is 0.211. The Balaban J connectivity index is 1.02. The number of carbonyl (C=O) groups is 2. The van der Waals surface area contributed by atoms with Gasteiger partial charge in [-0.15, -0.1) is 0 Å². The molecule has 0 aliphatic carbocycles. The monoisotopic (exact) mass is 692 g/mol. The van der Waals surface area contributed by atoms with E-state index in [1.807, 2.05) is 41.3 Å². The van der Waals surface area contributed by atoms with Crippen LogP contribution >= 0.6 is 0 Å². The third-order valence-corrected chi connectivity index (χ3v) is 11.9. The zero-order valence-corrected chi connectivity index (χ0v) is 30.1. The number of hydrogen-bond acceptors (Lipinski definition) is 8. The molecule has 6 heterocycles. The topological polar surface area (TPSA) is 88.5 Å². The van der Waals surface area contributed by atoms with Gasteiger partial charge in [0, 0.05) is 79.7 Å². The van der Waals surface area contributed by atoms with E-state index in [2.05, 4.69) is 38.2 Å². The van der Waals surface area contributed by atoms with Crippen LogP contribution in [0, 0.1) is 0 Å². The number of amides is 1. The van der Waals surface area contributed by atoms with Crippen LogP contribution in [0.2, 0.25) is 0 Å². The number of nitrogens with one attached hydrogen (secondary N) is 1. The first kappa shape index (κ1) is 34.1. The minimum atomic E-state index is -0.283. The zero-order chi connectivity index (χ0) is 34.9. The first-order valence-corrected chi connectivity index (χ1v) is 19.1. The van der Waals surface area contributed by atoms with E-state index in [-0.39, 0.29) is 17.6 Å². The fourth-order valence-electron chi connectivity index (χ4n) is 8.77. The number of carbonyl (C=O) groups excluding carboxylic acids is 2. The van der Waals surface area contributed by atoms with Crippen LogP contribution in [0.5, 0.6) is 5.75 Å².